The monoisotopic (exact) mass is 322 g/mol. The van der Waals surface area contributed by atoms with Gasteiger partial charge in [-0.2, -0.15) is 0 Å². The first-order chi connectivity index (χ1) is 11.2. The van der Waals surface area contributed by atoms with Crippen molar-refractivity contribution in [1.82, 2.24) is 10.2 Å². The largest absolute Gasteiger partial charge is 0.486 e. The van der Waals surface area contributed by atoms with Crippen LogP contribution < -0.4 is 14.8 Å². The van der Waals surface area contributed by atoms with Gasteiger partial charge in [0.05, 0.1) is 12.1 Å². The average Bonchev–Trinajstić information content (AvgIpc) is 2.87. The number of aliphatic hydroxyl groups is 1. The second kappa shape index (κ2) is 7.16. The lowest BCUT2D eigenvalue weighted by molar-refractivity contribution is -0.125. The summed E-state index contributed by atoms with van der Waals surface area (Å²) in [7, 11) is 1.47. The summed E-state index contributed by atoms with van der Waals surface area (Å²) in [5.74, 6) is 1.32. The van der Waals surface area contributed by atoms with Crippen LogP contribution in [0.1, 0.15) is 5.56 Å². The summed E-state index contributed by atoms with van der Waals surface area (Å²) in [5.41, 5.74) is 1.09. The Labute approximate surface area is 135 Å². The van der Waals surface area contributed by atoms with Crippen LogP contribution in [0.25, 0.3) is 0 Å². The molecule has 7 heteroatoms. The van der Waals surface area contributed by atoms with E-state index in [1.165, 1.54) is 7.11 Å². The molecule has 1 fully saturated rings. The van der Waals surface area contributed by atoms with Gasteiger partial charge in [-0.05, 0) is 17.7 Å². The van der Waals surface area contributed by atoms with Crippen LogP contribution in [0, 0.1) is 0 Å². The molecule has 1 amide bonds. The van der Waals surface area contributed by atoms with Crippen molar-refractivity contribution in [3.05, 3.63) is 23.8 Å². The molecule has 23 heavy (non-hydrogen) atoms. The number of hydrogen-bond donors (Lipinski definition) is 2. The van der Waals surface area contributed by atoms with Crippen molar-refractivity contribution >= 4 is 5.91 Å². The molecule has 2 heterocycles. The van der Waals surface area contributed by atoms with Crippen LogP contribution in [0.3, 0.4) is 0 Å². The van der Waals surface area contributed by atoms with Gasteiger partial charge in [0.15, 0.2) is 11.5 Å². The van der Waals surface area contributed by atoms with E-state index in [2.05, 4.69) is 10.2 Å². The van der Waals surface area contributed by atoms with Gasteiger partial charge < -0.3 is 24.6 Å². The number of nitrogens with one attached hydrogen (secondary N) is 1. The number of rotatable bonds is 5. The number of benzene rings is 1. The van der Waals surface area contributed by atoms with Gasteiger partial charge in [-0.3, -0.25) is 9.69 Å². The van der Waals surface area contributed by atoms with Crippen LogP contribution in [0.15, 0.2) is 18.2 Å². The van der Waals surface area contributed by atoms with Crippen LogP contribution in [-0.2, 0) is 16.1 Å². The van der Waals surface area contributed by atoms with Crippen molar-refractivity contribution in [3.8, 4) is 11.5 Å². The molecule has 0 saturated carbocycles. The SMILES string of the molecule is COCC(=O)N[C@@H]1CN(Cc2ccc3c(c2)OCCO3)C[C@H]1O. The number of hydrogen-bond acceptors (Lipinski definition) is 6. The van der Waals surface area contributed by atoms with E-state index in [9.17, 15) is 9.90 Å². The number of methoxy groups -OCH3 is 1. The molecule has 1 aromatic carbocycles. The van der Waals surface area contributed by atoms with E-state index in [0.29, 0.717) is 32.8 Å². The molecule has 2 aliphatic heterocycles. The molecule has 3 rings (SSSR count). The van der Waals surface area contributed by atoms with Crippen LogP contribution in [0.2, 0.25) is 0 Å². The molecule has 0 bridgehead atoms. The number of amides is 1. The molecule has 2 N–H and O–H groups in total. The van der Waals surface area contributed by atoms with E-state index in [4.69, 9.17) is 14.2 Å². The number of likely N-dealkylation sites (tertiary alicyclic amines) is 1. The lowest BCUT2D eigenvalue weighted by atomic mass is 10.2. The highest BCUT2D eigenvalue weighted by Crippen LogP contribution is 2.31. The smallest absolute Gasteiger partial charge is 0.246 e. The molecular formula is C16H22N2O5. The molecule has 126 valence electrons. The number of carbonyl (C=O) groups is 1. The predicted molar refractivity (Wildman–Crippen MR) is 82.5 cm³/mol. The molecule has 2 atom stereocenters. The highest BCUT2D eigenvalue weighted by Gasteiger charge is 2.32. The van der Waals surface area contributed by atoms with Gasteiger partial charge in [0.2, 0.25) is 5.91 Å². The highest BCUT2D eigenvalue weighted by molar-refractivity contribution is 5.77. The fraction of sp³-hybridized carbons (Fsp3) is 0.562. The number of β-amino-alcohol motifs (C(OH)–C–C–N with tert-alkyl or cyclic N) is 1. The van der Waals surface area contributed by atoms with Crippen molar-refractivity contribution in [2.45, 2.75) is 18.7 Å². The van der Waals surface area contributed by atoms with Crippen molar-refractivity contribution < 1.29 is 24.1 Å². The minimum atomic E-state index is -0.576. The third-order valence-corrected chi connectivity index (χ3v) is 4.00. The number of aliphatic hydroxyl groups excluding tert-OH is 1. The molecule has 0 unspecified atom stereocenters. The maximum atomic E-state index is 11.6. The lowest BCUT2D eigenvalue weighted by Gasteiger charge is -2.20. The van der Waals surface area contributed by atoms with E-state index >= 15 is 0 Å². The summed E-state index contributed by atoms with van der Waals surface area (Å²) >= 11 is 0. The van der Waals surface area contributed by atoms with Gasteiger partial charge in [0.1, 0.15) is 19.8 Å². The van der Waals surface area contributed by atoms with Crippen LogP contribution in [0.5, 0.6) is 11.5 Å². The Bertz CT molecular complexity index is 565. The summed E-state index contributed by atoms with van der Waals surface area (Å²) in [4.78, 5) is 13.7. The van der Waals surface area contributed by atoms with E-state index in [1.54, 1.807) is 0 Å². The van der Waals surface area contributed by atoms with Crippen LogP contribution in [-0.4, -0.2) is 68.1 Å². The summed E-state index contributed by atoms with van der Waals surface area (Å²) in [6.45, 7) is 2.95. The lowest BCUT2D eigenvalue weighted by Crippen LogP contribution is -2.44. The summed E-state index contributed by atoms with van der Waals surface area (Å²) in [5, 5.41) is 12.9. The molecule has 7 nitrogen and oxygen atoms in total. The van der Waals surface area contributed by atoms with Crippen molar-refractivity contribution in [2.24, 2.45) is 0 Å². The molecule has 0 spiro atoms. The molecule has 0 aromatic heterocycles. The first-order valence-electron chi connectivity index (χ1n) is 7.73. The molecular weight excluding hydrogens is 300 g/mol. The predicted octanol–water partition coefficient (Wildman–Crippen LogP) is -0.234. The molecule has 1 aromatic rings. The maximum Gasteiger partial charge on any atom is 0.246 e. The third-order valence-electron chi connectivity index (χ3n) is 4.00. The second-order valence-corrected chi connectivity index (χ2v) is 5.85. The topological polar surface area (TPSA) is 80.3 Å². The standard InChI is InChI=1S/C16H22N2O5/c1-21-10-16(20)17-12-8-18(9-13(12)19)7-11-2-3-14-15(6-11)23-5-4-22-14/h2-3,6,12-13,19H,4-5,7-10H2,1H3,(H,17,20)/t12-,13-/m1/s1. The summed E-state index contributed by atoms with van der Waals surface area (Å²) in [6.07, 6.45) is -0.576. The van der Waals surface area contributed by atoms with Gasteiger partial charge in [0, 0.05) is 26.7 Å². The summed E-state index contributed by atoms with van der Waals surface area (Å²) in [6, 6.07) is 5.61. The molecule has 0 radical (unpaired) electrons. The zero-order chi connectivity index (χ0) is 16.2. The molecule has 0 aliphatic carbocycles. The van der Waals surface area contributed by atoms with Gasteiger partial charge in [0.25, 0.3) is 0 Å². The van der Waals surface area contributed by atoms with Gasteiger partial charge >= 0.3 is 0 Å². The average molecular weight is 322 g/mol. The van der Waals surface area contributed by atoms with Crippen LogP contribution >= 0.6 is 0 Å². The molecule has 1 saturated heterocycles. The van der Waals surface area contributed by atoms with E-state index in [-0.39, 0.29) is 18.6 Å². The van der Waals surface area contributed by atoms with Crippen LogP contribution in [0.4, 0.5) is 0 Å². The zero-order valence-electron chi connectivity index (χ0n) is 13.2. The summed E-state index contributed by atoms with van der Waals surface area (Å²) < 4.78 is 15.9. The van der Waals surface area contributed by atoms with Gasteiger partial charge in [-0.1, -0.05) is 6.07 Å². The normalized spacial score (nSPS) is 23.7. The number of nitrogens with zero attached hydrogens (tertiary/aromatic N) is 1. The van der Waals surface area contributed by atoms with E-state index in [0.717, 1.165) is 17.1 Å². The number of ether oxygens (including phenoxy) is 3. The fourth-order valence-electron chi connectivity index (χ4n) is 2.96. The Hall–Kier alpha value is -1.83. The van der Waals surface area contributed by atoms with Gasteiger partial charge in [-0.15, -0.1) is 0 Å². The van der Waals surface area contributed by atoms with Gasteiger partial charge in [-0.25, -0.2) is 0 Å². The number of fused-ring (bicyclic) bond motifs is 1. The molecule has 2 aliphatic rings. The van der Waals surface area contributed by atoms with Crippen molar-refractivity contribution in [3.63, 3.8) is 0 Å². The van der Waals surface area contributed by atoms with Crippen molar-refractivity contribution in [2.75, 3.05) is 40.0 Å². The Morgan fingerprint density at radius 1 is 1.35 bits per heavy atom. The first-order valence-corrected chi connectivity index (χ1v) is 7.73. The zero-order valence-corrected chi connectivity index (χ0v) is 13.2. The third kappa shape index (κ3) is 3.93. The Kier molecular flexibility index (Phi) is 5.00. The van der Waals surface area contributed by atoms with E-state index < -0.39 is 6.10 Å². The second-order valence-electron chi connectivity index (χ2n) is 5.85. The minimum Gasteiger partial charge on any atom is -0.486 e. The van der Waals surface area contributed by atoms with E-state index in [1.807, 2.05) is 18.2 Å². The maximum absolute atomic E-state index is 11.6. The Morgan fingerprint density at radius 3 is 2.91 bits per heavy atom. The quantitative estimate of drug-likeness (QED) is 0.779. The Balaban J connectivity index is 1.57. The van der Waals surface area contributed by atoms with Crippen molar-refractivity contribution in [1.29, 1.82) is 0 Å². The minimum absolute atomic E-state index is 0.00534. The number of carbonyl (C=O) groups excluding carboxylic acids is 1. The Morgan fingerprint density at radius 2 is 2.13 bits per heavy atom. The highest BCUT2D eigenvalue weighted by atomic mass is 16.6. The first kappa shape index (κ1) is 16.0. The fourth-order valence-corrected chi connectivity index (χ4v) is 2.96.